The summed E-state index contributed by atoms with van der Waals surface area (Å²) in [7, 11) is 0.0644. The number of hydrogen-bond acceptors (Lipinski definition) is 0. The van der Waals surface area contributed by atoms with Gasteiger partial charge in [-0.3, -0.25) is 8.80 Å². The van der Waals surface area contributed by atoms with Gasteiger partial charge in [-0.2, -0.15) is 19.1 Å². The van der Waals surface area contributed by atoms with Crippen LogP contribution in [0.4, 0.5) is 0 Å². The van der Waals surface area contributed by atoms with Gasteiger partial charge in [0.05, 0.1) is 0 Å². The van der Waals surface area contributed by atoms with Crippen molar-refractivity contribution in [2.24, 2.45) is 0 Å². The van der Waals surface area contributed by atoms with Crippen LogP contribution in [-0.2, 0) is 0 Å². The van der Waals surface area contributed by atoms with Crippen LogP contribution in [0.1, 0.15) is 58.3 Å². The molecule has 0 aliphatic heterocycles. The van der Waals surface area contributed by atoms with Crippen molar-refractivity contribution in [3.63, 3.8) is 0 Å². The zero-order valence-corrected chi connectivity index (χ0v) is 13.9. The van der Waals surface area contributed by atoms with Crippen LogP contribution >= 0.6 is 0 Å². The SMILES string of the molecule is CCCCCCCCCC[Si-](C)C.[Na+]. The minimum Gasteiger partial charge on any atom is -0.267 e. The monoisotopic (exact) mass is 222 g/mol. The molecule has 0 saturated carbocycles. The van der Waals surface area contributed by atoms with Gasteiger partial charge in [0.2, 0.25) is 0 Å². The summed E-state index contributed by atoms with van der Waals surface area (Å²) in [6.45, 7) is 7.13. The zero-order valence-electron chi connectivity index (χ0n) is 10.9. The molecule has 0 nitrogen and oxygen atoms in total. The van der Waals surface area contributed by atoms with E-state index >= 15 is 0 Å². The van der Waals surface area contributed by atoms with Gasteiger partial charge >= 0.3 is 29.6 Å². The second kappa shape index (κ2) is 14.2. The van der Waals surface area contributed by atoms with Crippen LogP contribution in [-0.4, -0.2) is 8.80 Å². The summed E-state index contributed by atoms with van der Waals surface area (Å²) in [5, 5.41) is 0. The third kappa shape index (κ3) is 15.7. The number of rotatable bonds is 9. The van der Waals surface area contributed by atoms with E-state index in [0.717, 1.165) is 0 Å². The van der Waals surface area contributed by atoms with E-state index in [-0.39, 0.29) is 38.4 Å². The van der Waals surface area contributed by atoms with Gasteiger partial charge in [0, 0.05) is 0 Å². The van der Waals surface area contributed by atoms with Crippen LogP contribution < -0.4 is 29.6 Å². The van der Waals surface area contributed by atoms with Gasteiger partial charge in [-0.15, -0.1) is 0 Å². The molecule has 0 saturated heterocycles. The third-order valence-electron chi connectivity index (χ3n) is 2.53. The summed E-state index contributed by atoms with van der Waals surface area (Å²) < 4.78 is 0. The van der Waals surface area contributed by atoms with Crippen LogP contribution in [0, 0.1) is 0 Å². The Hall–Kier alpha value is 1.22. The largest absolute Gasteiger partial charge is 1.00 e. The number of unbranched alkanes of at least 4 members (excludes halogenated alkanes) is 7. The second-order valence-corrected chi connectivity index (χ2v) is 7.35. The third-order valence-corrected chi connectivity index (χ3v) is 3.88. The molecule has 0 rings (SSSR count). The Kier molecular flexibility index (Phi) is 17.9. The van der Waals surface area contributed by atoms with Crippen molar-refractivity contribution in [2.45, 2.75) is 77.4 Å². The van der Waals surface area contributed by atoms with E-state index in [4.69, 9.17) is 0 Å². The quantitative estimate of drug-likeness (QED) is 0.413. The van der Waals surface area contributed by atoms with E-state index in [1.54, 1.807) is 0 Å². The average Bonchev–Trinajstić information content (AvgIpc) is 2.09. The smallest absolute Gasteiger partial charge is 0.267 e. The molecule has 0 bridgehead atoms. The molecular weight excluding hydrogens is 195 g/mol. The van der Waals surface area contributed by atoms with Gasteiger partial charge in [0.1, 0.15) is 0 Å². The number of hydrogen-bond donors (Lipinski definition) is 0. The molecule has 0 amide bonds. The van der Waals surface area contributed by atoms with Crippen molar-refractivity contribution in [2.75, 3.05) is 0 Å². The van der Waals surface area contributed by atoms with E-state index in [2.05, 4.69) is 20.0 Å². The Morgan fingerprint density at radius 2 is 1.14 bits per heavy atom. The first-order valence-electron chi connectivity index (χ1n) is 6.06. The van der Waals surface area contributed by atoms with Crippen molar-refractivity contribution in [1.29, 1.82) is 0 Å². The maximum Gasteiger partial charge on any atom is 1.00 e. The van der Waals surface area contributed by atoms with Gasteiger partial charge in [-0.1, -0.05) is 58.3 Å². The molecule has 0 aliphatic carbocycles. The van der Waals surface area contributed by atoms with Gasteiger partial charge < -0.3 is 0 Å². The van der Waals surface area contributed by atoms with Crippen LogP contribution in [0.15, 0.2) is 0 Å². The molecule has 0 unspecified atom stereocenters. The zero-order chi connectivity index (χ0) is 9.94. The van der Waals surface area contributed by atoms with Crippen molar-refractivity contribution < 1.29 is 29.6 Å². The molecule has 2 heteroatoms. The first-order valence-corrected chi connectivity index (χ1v) is 8.77. The summed E-state index contributed by atoms with van der Waals surface area (Å²) in [5.41, 5.74) is 0. The van der Waals surface area contributed by atoms with E-state index in [9.17, 15) is 0 Å². The van der Waals surface area contributed by atoms with Crippen LogP contribution in [0.25, 0.3) is 0 Å². The second-order valence-electron chi connectivity index (χ2n) is 4.43. The van der Waals surface area contributed by atoms with Crippen molar-refractivity contribution in [3.8, 4) is 0 Å². The first-order chi connectivity index (χ1) is 6.27. The van der Waals surface area contributed by atoms with Gasteiger partial charge in [0.25, 0.3) is 0 Å². The molecular formula is C12H27NaSi. The summed E-state index contributed by atoms with van der Waals surface area (Å²) in [6, 6.07) is 1.53. The van der Waals surface area contributed by atoms with E-state index in [0.29, 0.717) is 0 Å². The van der Waals surface area contributed by atoms with Gasteiger partial charge in [0.15, 0.2) is 0 Å². The molecule has 0 radical (unpaired) electrons. The average molecular weight is 222 g/mol. The Morgan fingerprint density at radius 3 is 1.57 bits per heavy atom. The molecule has 14 heavy (non-hydrogen) atoms. The summed E-state index contributed by atoms with van der Waals surface area (Å²) >= 11 is 0. The van der Waals surface area contributed by atoms with Crippen LogP contribution in [0.3, 0.4) is 0 Å². The Bertz CT molecular complexity index is 94.3. The van der Waals surface area contributed by atoms with E-state index in [1.807, 2.05) is 0 Å². The normalized spacial score (nSPS) is 10.3. The molecule has 0 atom stereocenters. The summed E-state index contributed by atoms with van der Waals surface area (Å²) in [6.07, 6.45) is 11.7. The molecule has 0 spiro atoms. The molecule has 0 aromatic rings. The van der Waals surface area contributed by atoms with Gasteiger partial charge in [-0.05, 0) is 0 Å². The molecule has 0 aliphatic rings. The maximum absolute atomic E-state index is 2.42. The minimum absolute atomic E-state index is 0. The Morgan fingerprint density at radius 1 is 0.714 bits per heavy atom. The molecule has 0 N–H and O–H groups in total. The molecule has 0 aromatic carbocycles. The Balaban J connectivity index is 0. The van der Waals surface area contributed by atoms with Crippen molar-refractivity contribution in [1.82, 2.24) is 0 Å². The predicted molar refractivity (Wildman–Crippen MR) is 64.9 cm³/mol. The Labute approximate surface area is 115 Å². The summed E-state index contributed by atoms with van der Waals surface area (Å²) in [5.74, 6) is 0. The van der Waals surface area contributed by atoms with Crippen LogP contribution in [0.2, 0.25) is 19.1 Å². The predicted octanol–water partition coefficient (Wildman–Crippen LogP) is 1.89. The molecule has 80 valence electrons. The topological polar surface area (TPSA) is 0 Å². The standard InChI is InChI=1S/C12H27Si.Na/c1-4-5-6-7-8-9-10-11-12-13(2)3;/h4-12H2,1-3H3;/q-1;+1. The van der Waals surface area contributed by atoms with Crippen LogP contribution in [0.5, 0.6) is 0 Å². The van der Waals surface area contributed by atoms with E-state index in [1.165, 1.54) is 57.4 Å². The van der Waals surface area contributed by atoms with Crippen molar-refractivity contribution in [3.05, 3.63) is 0 Å². The van der Waals surface area contributed by atoms with E-state index < -0.39 is 0 Å². The summed E-state index contributed by atoms with van der Waals surface area (Å²) in [4.78, 5) is 0. The fourth-order valence-corrected chi connectivity index (χ4v) is 2.57. The molecule has 0 aromatic heterocycles. The maximum atomic E-state index is 2.42. The van der Waals surface area contributed by atoms with Crippen molar-refractivity contribution >= 4 is 8.80 Å². The molecule has 0 fully saturated rings. The fraction of sp³-hybridized carbons (Fsp3) is 1.00. The molecule has 0 heterocycles. The fourth-order valence-electron chi connectivity index (χ4n) is 1.61. The minimum atomic E-state index is 0. The van der Waals surface area contributed by atoms with Gasteiger partial charge in [-0.25, -0.2) is 0 Å². The first kappa shape index (κ1) is 17.6.